The van der Waals surface area contributed by atoms with E-state index in [4.69, 9.17) is 9.15 Å². The summed E-state index contributed by atoms with van der Waals surface area (Å²) in [5.74, 6) is 1.40. The molecule has 0 saturated carbocycles. The van der Waals surface area contributed by atoms with E-state index in [1.165, 1.54) is 0 Å². The van der Waals surface area contributed by atoms with Crippen LogP contribution < -0.4 is 10.2 Å². The smallest absolute Gasteiger partial charge is 0.289 e. The van der Waals surface area contributed by atoms with Gasteiger partial charge in [0, 0.05) is 43.7 Å². The summed E-state index contributed by atoms with van der Waals surface area (Å²) in [5.41, 5.74) is 4.99. The topological polar surface area (TPSA) is 87.4 Å². The van der Waals surface area contributed by atoms with Gasteiger partial charge in [-0.1, -0.05) is 25.1 Å². The molecule has 8 nitrogen and oxygen atoms in total. The maximum atomic E-state index is 13.1. The number of likely N-dealkylation sites (N-methyl/N-ethyl adjacent to an activating group) is 1. The zero-order valence-electron chi connectivity index (χ0n) is 18.7. The number of aryl methyl sites for hydroxylation is 1. The molecular formula is C24H30N4O4. The van der Waals surface area contributed by atoms with Gasteiger partial charge in [-0.05, 0) is 38.4 Å². The molecule has 1 fully saturated rings. The Morgan fingerprint density at radius 2 is 1.88 bits per heavy atom. The zero-order chi connectivity index (χ0) is 22.5. The number of benzene rings is 1. The summed E-state index contributed by atoms with van der Waals surface area (Å²) in [6.45, 7) is 8.08. The van der Waals surface area contributed by atoms with Gasteiger partial charge in [0.15, 0.2) is 12.4 Å². The molecule has 32 heavy (non-hydrogen) atoms. The number of hydrogen-bond donors (Lipinski definition) is 1. The average Bonchev–Trinajstić information content (AvgIpc) is 3.18. The molecule has 1 aliphatic heterocycles. The van der Waals surface area contributed by atoms with Crippen LogP contribution in [0.2, 0.25) is 0 Å². The minimum Gasteiger partial charge on any atom is -0.484 e. The molecule has 1 aliphatic carbocycles. The van der Waals surface area contributed by atoms with E-state index in [9.17, 15) is 9.59 Å². The van der Waals surface area contributed by atoms with Gasteiger partial charge in [0.05, 0.1) is 5.71 Å². The van der Waals surface area contributed by atoms with Crippen LogP contribution in [0.5, 0.6) is 5.75 Å². The summed E-state index contributed by atoms with van der Waals surface area (Å²) in [7, 11) is 0. The number of ether oxygens (including phenoxy) is 1. The average molecular weight is 439 g/mol. The first-order chi connectivity index (χ1) is 15.6. The van der Waals surface area contributed by atoms with Crippen LogP contribution in [0.15, 0.2) is 39.9 Å². The second-order valence-corrected chi connectivity index (χ2v) is 8.13. The van der Waals surface area contributed by atoms with Crippen molar-refractivity contribution in [2.45, 2.75) is 33.1 Å². The number of piperazine rings is 1. The van der Waals surface area contributed by atoms with Crippen LogP contribution in [0.4, 0.5) is 0 Å². The predicted molar refractivity (Wildman–Crippen MR) is 121 cm³/mol. The highest BCUT2D eigenvalue weighted by molar-refractivity contribution is 6.06. The van der Waals surface area contributed by atoms with Gasteiger partial charge in [-0.15, -0.1) is 0 Å². The molecular weight excluding hydrogens is 408 g/mol. The Kier molecular flexibility index (Phi) is 6.90. The van der Waals surface area contributed by atoms with Crippen LogP contribution in [0, 0.1) is 6.92 Å². The third-order valence-corrected chi connectivity index (χ3v) is 6.06. The molecule has 4 rings (SSSR count). The fraction of sp³-hybridized carbons (Fsp3) is 0.458. The number of hydrogen-bond acceptors (Lipinski definition) is 6. The number of nitrogens with one attached hydrogen (secondary N) is 1. The molecule has 1 saturated heterocycles. The number of para-hydroxylation sites is 1. The summed E-state index contributed by atoms with van der Waals surface area (Å²) in [6.07, 6.45) is 2.34. The van der Waals surface area contributed by atoms with Crippen LogP contribution in [0.3, 0.4) is 0 Å². The van der Waals surface area contributed by atoms with Crippen molar-refractivity contribution >= 4 is 17.5 Å². The standard InChI is InChI=1S/C24H30N4O4/c1-3-27-12-14-28(15-13-27)24(30)23-17(2)22-19(10-7-11-20(22)32-23)25-26-21(29)16-31-18-8-5-4-6-9-18/h4-6,8-9H,3,7,10-16H2,1-2H3,(H,26,29)/b25-19+. The molecule has 2 aromatic rings. The Bertz CT molecular complexity index is 991. The van der Waals surface area contributed by atoms with E-state index in [0.29, 0.717) is 24.6 Å². The Morgan fingerprint density at radius 1 is 1.12 bits per heavy atom. The van der Waals surface area contributed by atoms with Crippen molar-refractivity contribution in [2.24, 2.45) is 5.10 Å². The van der Waals surface area contributed by atoms with Crippen molar-refractivity contribution in [3.8, 4) is 5.75 Å². The van der Waals surface area contributed by atoms with Gasteiger partial charge in [0.1, 0.15) is 11.5 Å². The van der Waals surface area contributed by atoms with Crippen molar-refractivity contribution in [2.75, 3.05) is 39.3 Å². The molecule has 0 radical (unpaired) electrons. The first-order valence-corrected chi connectivity index (χ1v) is 11.2. The van der Waals surface area contributed by atoms with Gasteiger partial charge >= 0.3 is 0 Å². The number of amides is 2. The van der Waals surface area contributed by atoms with E-state index in [2.05, 4.69) is 22.4 Å². The monoisotopic (exact) mass is 438 g/mol. The van der Waals surface area contributed by atoms with E-state index < -0.39 is 0 Å². The van der Waals surface area contributed by atoms with Gasteiger partial charge < -0.3 is 19.0 Å². The maximum absolute atomic E-state index is 13.1. The maximum Gasteiger partial charge on any atom is 0.289 e. The molecule has 2 aliphatic rings. The van der Waals surface area contributed by atoms with Crippen LogP contribution in [-0.4, -0.2) is 66.7 Å². The number of carbonyl (C=O) groups excluding carboxylic acids is 2. The third kappa shape index (κ3) is 4.85. The van der Waals surface area contributed by atoms with Gasteiger partial charge in [0.25, 0.3) is 11.8 Å². The Labute approximate surface area is 188 Å². The highest BCUT2D eigenvalue weighted by Gasteiger charge is 2.31. The minimum atomic E-state index is -0.334. The molecule has 170 valence electrons. The SMILES string of the molecule is CCN1CCN(C(=O)c2oc3c(c2C)/C(=N/NC(=O)COc2ccccc2)CCC3)CC1. The Balaban J connectivity index is 1.43. The zero-order valence-corrected chi connectivity index (χ0v) is 18.7. The second kappa shape index (κ2) is 9.99. The number of rotatable bonds is 6. The number of nitrogens with zero attached hydrogens (tertiary/aromatic N) is 3. The van der Waals surface area contributed by atoms with E-state index in [1.807, 2.05) is 30.0 Å². The lowest BCUT2D eigenvalue weighted by atomic mass is 9.93. The van der Waals surface area contributed by atoms with Gasteiger partial charge in [-0.25, -0.2) is 5.43 Å². The second-order valence-electron chi connectivity index (χ2n) is 8.13. The summed E-state index contributed by atoms with van der Waals surface area (Å²) in [6, 6.07) is 9.17. The largest absolute Gasteiger partial charge is 0.484 e. The minimum absolute atomic E-state index is 0.0627. The highest BCUT2D eigenvalue weighted by Crippen LogP contribution is 2.30. The van der Waals surface area contributed by atoms with Crippen LogP contribution in [-0.2, 0) is 11.2 Å². The molecule has 0 spiro atoms. The highest BCUT2D eigenvalue weighted by atomic mass is 16.5. The van der Waals surface area contributed by atoms with Crippen molar-refractivity contribution in [3.63, 3.8) is 0 Å². The van der Waals surface area contributed by atoms with Crippen molar-refractivity contribution in [3.05, 3.63) is 53.0 Å². The summed E-state index contributed by atoms with van der Waals surface area (Å²) >= 11 is 0. The summed E-state index contributed by atoms with van der Waals surface area (Å²) < 4.78 is 11.5. The molecule has 8 heteroatoms. The normalized spacial score (nSPS) is 17.8. The van der Waals surface area contributed by atoms with Gasteiger partial charge in [-0.2, -0.15) is 5.10 Å². The van der Waals surface area contributed by atoms with Crippen LogP contribution in [0.25, 0.3) is 0 Å². The van der Waals surface area contributed by atoms with Crippen molar-refractivity contribution < 1.29 is 18.7 Å². The van der Waals surface area contributed by atoms with Crippen LogP contribution in [0.1, 0.15) is 47.2 Å². The molecule has 1 N–H and O–H groups in total. The number of furan rings is 1. The van der Waals surface area contributed by atoms with Crippen molar-refractivity contribution in [1.82, 2.24) is 15.2 Å². The van der Waals surface area contributed by atoms with Crippen LogP contribution >= 0.6 is 0 Å². The summed E-state index contributed by atoms with van der Waals surface area (Å²) in [5, 5.41) is 4.35. The van der Waals surface area contributed by atoms with E-state index in [0.717, 1.165) is 61.5 Å². The van der Waals surface area contributed by atoms with Gasteiger partial charge in [-0.3, -0.25) is 9.59 Å². The molecule has 0 atom stereocenters. The van der Waals surface area contributed by atoms with Crippen molar-refractivity contribution in [1.29, 1.82) is 0 Å². The number of carbonyl (C=O) groups is 2. The molecule has 1 aromatic heterocycles. The lowest BCUT2D eigenvalue weighted by Gasteiger charge is -2.33. The van der Waals surface area contributed by atoms with Gasteiger partial charge in [0.2, 0.25) is 0 Å². The molecule has 1 aromatic carbocycles. The van der Waals surface area contributed by atoms with E-state index in [1.54, 1.807) is 12.1 Å². The Morgan fingerprint density at radius 3 is 2.59 bits per heavy atom. The predicted octanol–water partition coefficient (Wildman–Crippen LogP) is 2.60. The fourth-order valence-electron chi connectivity index (χ4n) is 4.22. The fourth-order valence-corrected chi connectivity index (χ4v) is 4.22. The summed E-state index contributed by atoms with van der Waals surface area (Å²) in [4.78, 5) is 29.5. The first kappa shape index (κ1) is 22.1. The molecule has 2 heterocycles. The molecule has 0 unspecified atom stereocenters. The molecule has 0 bridgehead atoms. The quantitative estimate of drug-likeness (QED) is 0.701. The third-order valence-electron chi connectivity index (χ3n) is 6.06. The van der Waals surface area contributed by atoms with E-state index >= 15 is 0 Å². The van der Waals surface area contributed by atoms with E-state index in [-0.39, 0.29) is 18.4 Å². The first-order valence-electron chi connectivity index (χ1n) is 11.2. The number of hydrazone groups is 1. The lowest BCUT2D eigenvalue weighted by molar-refractivity contribution is -0.123. The molecule has 2 amide bonds. The number of fused-ring (bicyclic) bond motifs is 1. The lowest BCUT2D eigenvalue weighted by Crippen LogP contribution is -2.48. The Hall–Kier alpha value is -3.13.